The summed E-state index contributed by atoms with van der Waals surface area (Å²) in [5, 5.41) is 0. The van der Waals surface area contributed by atoms with Crippen LogP contribution in [0.1, 0.15) is 29.7 Å². The highest BCUT2D eigenvalue weighted by Crippen LogP contribution is 2.29. The monoisotopic (exact) mass is 279 g/mol. The molecule has 2 atom stereocenters. The molecule has 1 amide bonds. The van der Waals surface area contributed by atoms with E-state index in [2.05, 4.69) is 4.99 Å². The van der Waals surface area contributed by atoms with Crippen molar-refractivity contribution in [3.8, 4) is 0 Å². The van der Waals surface area contributed by atoms with E-state index < -0.39 is 6.29 Å². The molecule has 1 aliphatic rings. The molecule has 0 saturated carbocycles. The van der Waals surface area contributed by atoms with Crippen LogP contribution in [0.5, 0.6) is 0 Å². The molecule has 21 heavy (non-hydrogen) atoms. The highest BCUT2D eigenvalue weighted by molar-refractivity contribution is 6.14. The van der Waals surface area contributed by atoms with Gasteiger partial charge in [-0.15, -0.1) is 0 Å². The number of amides is 1. The van der Waals surface area contributed by atoms with E-state index in [0.717, 1.165) is 28.8 Å². The lowest BCUT2D eigenvalue weighted by atomic mass is 9.94. The number of nitrogens with zero attached hydrogens (tertiary/aromatic N) is 2. The summed E-state index contributed by atoms with van der Waals surface area (Å²) in [6.45, 7) is 1.97. The van der Waals surface area contributed by atoms with Crippen LogP contribution < -0.4 is 5.73 Å². The van der Waals surface area contributed by atoms with Crippen molar-refractivity contribution in [2.45, 2.75) is 19.3 Å². The molecule has 0 spiro atoms. The number of rotatable bonds is 2. The zero-order valence-electron chi connectivity index (χ0n) is 11.8. The first-order valence-corrected chi connectivity index (χ1v) is 6.93. The largest absolute Gasteiger partial charge is 0.304 e. The summed E-state index contributed by atoms with van der Waals surface area (Å²) in [7, 11) is 0. The molecule has 3 rings (SSSR count). The van der Waals surface area contributed by atoms with E-state index in [1.807, 2.05) is 61.5 Å². The lowest BCUT2D eigenvalue weighted by Crippen LogP contribution is -2.40. The van der Waals surface area contributed by atoms with Crippen LogP contribution in [0.15, 0.2) is 59.6 Å². The highest BCUT2D eigenvalue weighted by atomic mass is 16.1. The maximum Gasteiger partial charge on any atom is 0.212 e. The lowest BCUT2D eigenvalue weighted by molar-refractivity contribution is -0.122. The van der Waals surface area contributed by atoms with Gasteiger partial charge in [-0.1, -0.05) is 54.6 Å². The molecule has 0 fully saturated rings. The summed E-state index contributed by atoms with van der Waals surface area (Å²) in [5.41, 5.74) is 10.0. The third kappa shape index (κ3) is 2.34. The average molecular weight is 279 g/mol. The van der Waals surface area contributed by atoms with Gasteiger partial charge in [-0.25, -0.2) is 4.99 Å². The van der Waals surface area contributed by atoms with Gasteiger partial charge in [-0.2, -0.15) is 0 Å². The van der Waals surface area contributed by atoms with E-state index in [4.69, 9.17) is 5.73 Å². The molecule has 4 nitrogen and oxygen atoms in total. The summed E-state index contributed by atoms with van der Waals surface area (Å²) < 4.78 is 0. The van der Waals surface area contributed by atoms with Crippen LogP contribution in [0.2, 0.25) is 0 Å². The summed E-state index contributed by atoms with van der Waals surface area (Å²) in [6.07, 6.45) is 0.0870. The first-order chi connectivity index (χ1) is 10.2. The topological polar surface area (TPSA) is 58.7 Å². The number of carbonyl (C=O) groups excluding carboxylic acids is 1. The van der Waals surface area contributed by atoms with Crippen LogP contribution in [-0.4, -0.2) is 23.3 Å². The van der Waals surface area contributed by atoms with Crippen molar-refractivity contribution in [1.82, 2.24) is 4.90 Å². The van der Waals surface area contributed by atoms with E-state index in [1.54, 1.807) is 0 Å². The second kappa shape index (κ2) is 5.50. The Balaban J connectivity index is 2.23. The van der Waals surface area contributed by atoms with E-state index in [9.17, 15) is 4.79 Å². The summed E-state index contributed by atoms with van der Waals surface area (Å²) in [5.74, 6) is 0. The number of fused-ring (bicyclic) bond motifs is 1. The zero-order chi connectivity index (χ0) is 14.8. The second-order valence-electron chi connectivity index (χ2n) is 5.07. The molecule has 106 valence electrons. The van der Waals surface area contributed by atoms with Crippen LogP contribution >= 0.6 is 0 Å². The van der Waals surface area contributed by atoms with E-state index in [-0.39, 0.29) is 6.04 Å². The quantitative estimate of drug-likeness (QED) is 0.857. The van der Waals surface area contributed by atoms with Crippen LogP contribution in [0.4, 0.5) is 0 Å². The van der Waals surface area contributed by atoms with Gasteiger partial charge in [-0.05, 0) is 12.5 Å². The van der Waals surface area contributed by atoms with Gasteiger partial charge in [0.25, 0.3) is 0 Å². The Morgan fingerprint density at radius 3 is 2.48 bits per heavy atom. The third-order valence-corrected chi connectivity index (χ3v) is 3.85. The van der Waals surface area contributed by atoms with Gasteiger partial charge in [0.05, 0.1) is 11.8 Å². The molecule has 0 aliphatic carbocycles. The van der Waals surface area contributed by atoms with Crippen LogP contribution in [0.3, 0.4) is 0 Å². The summed E-state index contributed by atoms with van der Waals surface area (Å²) in [4.78, 5) is 17.5. The first kappa shape index (κ1) is 13.5. The Morgan fingerprint density at radius 1 is 1.10 bits per heavy atom. The fourth-order valence-electron chi connectivity index (χ4n) is 2.71. The number of nitrogens with two attached hydrogens (primary N) is 1. The highest BCUT2D eigenvalue weighted by Gasteiger charge is 2.27. The Hall–Kier alpha value is -2.46. The Labute approximate surface area is 123 Å². The average Bonchev–Trinajstić information content (AvgIpc) is 2.64. The zero-order valence-corrected chi connectivity index (χ0v) is 11.8. The summed E-state index contributed by atoms with van der Waals surface area (Å²) in [6, 6.07) is 17.8. The van der Waals surface area contributed by atoms with Crippen molar-refractivity contribution >= 4 is 12.1 Å². The van der Waals surface area contributed by atoms with Crippen LogP contribution in [0, 0.1) is 0 Å². The Morgan fingerprint density at radius 2 is 1.76 bits per heavy atom. The van der Waals surface area contributed by atoms with Crippen molar-refractivity contribution in [2.75, 3.05) is 0 Å². The first-order valence-electron chi connectivity index (χ1n) is 6.93. The fourth-order valence-corrected chi connectivity index (χ4v) is 2.71. The fraction of sp³-hybridized carbons (Fsp3) is 0.176. The SMILES string of the molecule is CC1c2ccccc2C(c2ccccc2)=N[C@H](N)N1C=O. The van der Waals surface area contributed by atoms with Gasteiger partial charge < -0.3 is 4.90 Å². The van der Waals surface area contributed by atoms with Crippen molar-refractivity contribution in [3.05, 3.63) is 71.3 Å². The van der Waals surface area contributed by atoms with Gasteiger partial charge in [0, 0.05) is 11.1 Å². The normalized spacial score (nSPS) is 21.2. The molecule has 0 bridgehead atoms. The van der Waals surface area contributed by atoms with Gasteiger partial charge in [0.2, 0.25) is 6.41 Å². The van der Waals surface area contributed by atoms with Gasteiger partial charge >= 0.3 is 0 Å². The van der Waals surface area contributed by atoms with Crippen LogP contribution in [0.25, 0.3) is 0 Å². The minimum Gasteiger partial charge on any atom is -0.304 e. The Kier molecular flexibility index (Phi) is 3.54. The van der Waals surface area contributed by atoms with E-state index in [0.29, 0.717) is 0 Å². The molecule has 0 aromatic heterocycles. The number of hydrogen-bond acceptors (Lipinski definition) is 3. The molecule has 1 unspecified atom stereocenters. The molecule has 4 heteroatoms. The summed E-state index contributed by atoms with van der Waals surface area (Å²) >= 11 is 0. The van der Waals surface area contributed by atoms with Crippen molar-refractivity contribution in [3.63, 3.8) is 0 Å². The lowest BCUT2D eigenvalue weighted by Gasteiger charge is -2.27. The van der Waals surface area contributed by atoms with E-state index >= 15 is 0 Å². The van der Waals surface area contributed by atoms with Gasteiger partial charge in [-0.3, -0.25) is 10.5 Å². The molecule has 1 heterocycles. The van der Waals surface area contributed by atoms with Gasteiger partial charge in [0.1, 0.15) is 0 Å². The number of benzene rings is 2. The third-order valence-electron chi connectivity index (χ3n) is 3.85. The number of hydrogen-bond donors (Lipinski definition) is 1. The van der Waals surface area contributed by atoms with Gasteiger partial charge in [0.15, 0.2) is 6.29 Å². The maximum atomic E-state index is 11.4. The maximum absolute atomic E-state index is 11.4. The number of carbonyl (C=O) groups is 1. The predicted molar refractivity (Wildman–Crippen MR) is 82.8 cm³/mol. The molecule has 0 radical (unpaired) electrons. The molecule has 2 N–H and O–H groups in total. The molecule has 2 aromatic rings. The molecule has 2 aromatic carbocycles. The minimum absolute atomic E-state index is 0.112. The molecular weight excluding hydrogens is 262 g/mol. The predicted octanol–water partition coefficient (Wildman–Crippen LogP) is 2.30. The van der Waals surface area contributed by atoms with Crippen molar-refractivity contribution in [1.29, 1.82) is 0 Å². The molecule has 0 saturated heterocycles. The standard InChI is InChI=1S/C17H17N3O/c1-12-14-9-5-6-10-15(14)16(13-7-3-2-4-8-13)19-17(18)20(12)11-21/h2-12,17H,18H2,1H3/t12?,17-/m0/s1. The minimum atomic E-state index is -0.680. The number of aliphatic imine (C=N–C) groups is 1. The second-order valence-corrected chi connectivity index (χ2v) is 5.07. The van der Waals surface area contributed by atoms with Crippen molar-refractivity contribution in [2.24, 2.45) is 10.7 Å². The Bertz CT molecular complexity index is 681. The smallest absolute Gasteiger partial charge is 0.212 e. The van der Waals surface area contributed by atoms with Crippen molar-refractivity contribution < 1.29 is 4.79 Å². The van der Waals surface area contributed by atoms with E-state index in [1.165, 1.54) is 4.90 Å². The van der Waals surface area contributed by atoms with Crippen LogP contribution in [-0.2, 0) is 4.79 Å². The molecule has 1 aliphatic heterocycles. The molecular formula is C17H17N3O.